The van der Waals surface area contributed by atoms with Gasteiger partial charge in [-0.3, -0.25) is 4.79 Å². The van der Waals surface area contributed by atoms with Crippen LogP contribution >= 0.6 is 0 Å². The fraction of sp³-hybridized carbons (Fsp3) is 0.176. The molecule has 114 valence electrons. The van der Waals surface area contributed by atoms with Gasteiger partial charge in [-0.1, -0.05) is 48.5 Å². The third-order valence-electron chi connectivity index (χ3n) is 3.11. The molecule has 2 aromatic rings. The summed E-state index contributed by atoms with van der Waals surface area (Å²) < 4.78 is 16.6. The van der Waals surface area contributed by atoms with Gasteiger partial charge in [-0.05, 0) is 17.7 Å². The van der Waals surface area contributed by atoms with E-state index in [1.807, 2.05) is 30.3 Å². The molecule has 0 spiro atoms. The average molecular weight is 301 g/mol. The van der Waals surface area contributed by atoms with Crippen LogP contribution in [-0.2, 0) is 16.0 Å². The molecular formula is C17H16FNO3. The van der Waals surface area contributed by atoms with Crippen LogP contribution in [0.5, 0.6) is 0 Å². The quantitative estimate of drug-likeness (QED) is 0.834. The fourth-order valence-electron chi connectivity index (χ4n) is 2.03. The highest BCUT2D eigenvalue weighted by molar-refractivity contribution is 5.96. The number of rotatable bonds is 6. The summed E-state index contributed by atoms with van der Waals surface area (Å²) in [5.41, 5.74) is 1.27. The molecule has 22 heavy (non-hydrogen) atoms. The van der Waals surface area contributed by atoms with Crippen LogP contribution in [0.4, 0.5) is 4.39 Å². The van der Waals surface area contributed by atoms with E-state index in [2.05, 4.69) is 10.1 Å². The number of esters is 1. The molecule has 4 nitrogen and oxygen atoms in total. The zero-order chi connectivity index (χ0) is 15.8. The summed E-state index contributed by atoms with van der Waals surface area (Å²) in [6, 6.07) is 16.7. The summed E-state index contributed by atoms with van der Waals surface area (Å²) in [6.07, 6.45) is 0.234. The predicted molar refractivity (Wildman–Crippen MR) is 79.9 cm³/mol. The Morgan fingerprint density at radius 1 is 1.00 bits per heavy atom. The summed E-state index contributed by atoms with van der Waals surface area (Å²) >= 11 is 0. The van der Waals surface area contributed by atoms with Gasteiger partial charge in [0.25, 0.3) is 5.91 Å². The number of ether oxygens (including phenoxy) is 1. The zero-order valence-corrected chi connectivity index (χ0v) is 11.9. The Morgan fingerprint density at radius 2 is 1.59 bits per heavy atom. The second-order valence-corrected chi connectivity index (χ2v) is 4.65. The molecule has 0 aliphatic heterocycles. The van der Waals surface area contributed by atoms with E-state index in [0.29, 0.717) is 5.56 Å². The molecule has 0 aliphatic rings. The van der Waals surface area contributed by atoms with E-state index in [4.69, 9.17) is 0 Å². The minimum Gasteiger partial charge on any atom is -0.432 e. The van der Waals surface area contributed by atoms with Crippen LogP contribution in [0.2, 0.25) is 0 Å². The maximum atomic E-state index is 12.2. The van der Waals surface area contributed by atoms with Gasteiger partial charge in [0.05, 0.1) is 0 Å². The molecule has 0 radical (unpaired) electrons. The molecule has 2 aromatic carbocycles. The van der Waals surface area contributed by atoms with Crippen molar-refractivity contribution in [3.05, 3.63) is 71.8 Å². The lowest BCUT2D eigenvalue weighted by molar-refractivity contribution is -0.150. The molecule has 0 bridgehead atoms. The Balaban J connectivity index is 2.11. The van der Waals surface area contributed by atoms with Crippen LogP contribution in [0.3, 0.4) is 0 Å². The van der Waals surface area contributed by atoms with Crippen LogP contribution in [0.1, 0.15) is 15.9 Å². The van der Waals surface area contributed by atoms with Gasteiger partial charge in [-0.25, -0.2) is 9.18 Å². The lowest BCUT2D eigenvalue weighted by atomic mass is 10.1. The van der Waals surface area contributed by atoms with E-state index in [1.165, 1.54) is 0 Å². The van der Waals surface area contributed by atoms with Crippen LogP contribution in [0.15, 0.2) is 60.7 Å². The minimum atomic E-state index is -1.22. The van der Waals surface area contributed by atoms with Crippen LogP contribution in [0.25, 0.3) is 0 Å². The Kier molecular flexibility index (Phi) is 5.65. The standard InChI is InChI=1S/C17H16FNO3/c18-12-22-17(21)15(11-13-7-3-1-4-8-13)19-16(20)14-9-5-2-6-10-14/h1-10,15H,11-12H2,(H,19,20)/t15-/m0/s1. The fourth-order valence-corrected chi connectivity index (χ4v) is 2.03. The van der Waals surface area contributed by atoms with Crippen molar-refractivity contribution in [1.82, 2.24) is 5.32 Å². The number of halogens is 1. The minimum absolute atomic E-state index is 0.234. The Labute approximate surface area is 127 Å². The molecule has 2 rings (SSSR count). The third-order valence-corrected chi connectivity index (χ3v) is 3.11. The third kappa shape index (κ3) is 4.41. The van der Waals surface area contributed by atoms with Gasteiger partial charge in [-0.2, -0.15) is 0 Å². The van der Waals surface area contributed by atoms with Gasteiger partial charge in [0.1, 0.15) is 6.04 Å². The molecule has 0 heterocycles. The van der Waals surface area contributed by atoms with Crippen molar-refractivity contribution in [3.63, 3.8) is 0 Å². The van der Waals surface area contributed by atoms with E-state index in [1.54, 1.807) is 30.3 Å². The number of alkyl halides is 1. The average Bonchev–Trinajstić information content (AvgIpc) is 2.56. The Bertz CT molecular complexity index is 616. The summed E-state index contributed by atoms with van der Waals surface area (Å²) in [7, 11) is 0. The molecule has 0 unspecified atom stereocenters. The smallest absolute Gasteiger partial charge is 0.331 e. The summed E-state index contributed by atoms with van der Waals surface area (Å²) in [4.78, 5) is 24.0. The lowest BCUT2D eigenvalue weighted by Crippen LogP contribution is -2.43. The largest absolute Gasteiger partial charge is 0.432 e. The summed E-state index contributed by atoms with van der Waals surface area (Å²) in [5.74, 6) is -1.20. The molecule has 1 amide bonds. The molecule has 0 saturated carbocycles. The number of hydrogen-bond donors (Lipinski definition) is 1. The number of carbonyl (C=O) groups excluding carboxylic acids is 2. The number of nitrogens with one attached hydrogen (secondary N) is 1. The molecule has 1 N–H and O–H groups in total. The first kappa shape index (κ1) is 15.7. The van der Waals surface area contributed by atoms with E-state index < -0.39 is 24.8 Å². The van der Waals surface area contributed by atoms with Gasteiger partial charge in [0.15, 0.2) is 0 Å². The van der Waals surface area contributed by atoms with Crippen molar-refractivity contribution >= 4 is 11.9 Å². The molecular weight excluding hydrogens is 285 g/mol. The van der Waals surface area contributed by atoms with Crippen LogP contribution in [0, 0.1) is 0 Å². The highest BCUT2D eigenvalue weighted by atomic mass is 19.1. The van der Waals surface area contributed by atoms with Crippen molar-refractivity contribution in [2.45, 2.75) is 12.5 Å². The lowest BCUT2D eigenvalue weighted by Gasteiger charge is -2.17. The van der Waals surface area contributed by atoms with Crippen molar-refractivity contribution in [2.75, 3.05) is 6.86 Å². The number of carbonyl (C=O) groups is 2. The predicted octanol–water partition coefficient (Wildman–Crippen LogP) is 2.50. The van der Waals surface area contributed by atoms with Gasteiger partial charge >= 0.3 is 5.97 Å². The number of amides is 1. The highest BCUT2D eigenvalue weighted by Gasteiger charge is 2.23. The van der Waals surface area contributed by atoms with E-state index in [9.17, 15) is 14.0 Å². The summed E-state index contributed by atoms with van der Waals surface area (Å²) in [6.45, 7) is -1.22. The highest BCUT2D eigenvalue weighted by Crippen LogP contribution is 2.07. The Morgan fingerprint density at radius 3 is 2.18 bits per heavy atom. The second kappa shape index (κ2) is 7.93. The first-order valence-corrected chi connectivity index (χ1v) is 6.83. The number of benzene rings is 2. The van der Waals surface area contributed by atoms with E-state index >= 15 is 0 Å². The zero-order valence-electron chi connectivity index (χ0n) is 11.9. The van der Waals surface area contributed by atoms with Crippen LogP contribution in [-0.4, -0.2) is 24.8 Å². The van der Waals surface area contributed by atoms with E-state index in [-0.39, 0.29) is 6.42 Å². The van der Waals surface area contributed by atoms with Crippen LogP contribution < -0.4 is 5.32 Å². The van der Waals surface area contributed by atoms with Crippen molar-refractivity contribution in [3.8, 4) is 0 Å². The van der Waals surface area contributed by atoms with Crippen molar-refractivity contribution in [2.24, 2.45) is 0 Å². The molecule has 5 heteroatoms. The van der Waals surface area contributed by atoms with Gasteiger partial charge in [0.2, 0.25) is 6.86 Å². The van der Waals surface area contributed by atoms with Gasteiger partial charge in [0, 0.05) is 12.0 Å². The SMILES string of the molecule is O=C(N[C@@H](Cc1ccccc1)C(=O)OCF)c1ccccc1. The summed E-state index contributed by atoms with van der Waals surface area (Å²) in [5, 5.41) is 2.59. The van der Waals surface area contributed by atoms with Gasteiger partial charge < -0.3 is 10.1 Å². The topological polar surface area (TPSA) is 55.4 Å². The first-order valence-electron chi connectivity index (χ1n) is 6.83. The molecule has 0 fully saturated rings. The molecule has 0 saturated heterocycles. The molecule has 1 atom stereocenters. The Hall–Kier alpha value is -2.69. The van der Waals surface area contributed by atoms with Crippen molar-refractivity contribution < 1.29 is 18.7 Å². The van der Waals surface area contributed by atoms with E-state index in [0.717, 1.165) is 5.56 Å². The normalized spacial score (nSPS) is 11.5. The maximum absolute atomic E-state index is 12.2. The monoisotopic (exact) mass is 301 g/mol. The van der Waals surface area contributed by atoms with Crippen molar-refractivity contribution in [1.29, 1.82) is 0 Å². The first-order chi connectivity index (χ1) is 10.7. The molecule has 0 aromatic heterocycles. The number of hydrogen-bond acceptors (Lipinski definition) is 3. The second-order valence-electron chi connectivity index (χ2n) is 4.65. The molecule has 0 aliphatic carbocycles. The van der Waals surface area contributed by atoms with Gasteiger partial charge in [-0.15, -0.1) is 0 Å². The maximum Gasteiger partial charge on any atom is 0.331 e.